The van der Waals surface area contributed by atoms with Crippen molar-refractivity contribution in [1.82, 2.24) is 4.57 Å². The Morgan fingerprint density at radius 2 is 1.54 bits per heavy atom. The topological polar surface area (TPSA) is 14.2 Å². The first-order valence-electron chi connectivity index (χ1n) is 13.8. The van der Waals surface area contributed by atoms with Crippen molar-refractivity contribution in [3.63, 3.8) is 0 Å². The lowest BCUT2D eigenvalue weighted by atomic mass is 9.73. The Labute approximate surface area is 229 Å². The standard InChI is InChI=1S/C37H29NO/c1-37(2)29-17-9-11-19-33(29)39-34-21-20-25(22-30(34)37)35-27-15-7-6-12-24(27)23-32-36(35)28-16-8-10-18-31(28)38(32)26-13-4-3-5-14-26/h3-22,24H,23H2,1-2H3. The molecule has 4 aromatic carbocycles. The molecule has 2 heteroatoms. The molecule has 0 bridgehead atoms. The Bertz CT molecular complexity index is 1880. The van der Waals surface area contributed by atoms with Crippen molar-refractivity contribution >= 4 is 16.5 Å². The van der Waals surface area contributed by atoms with Crippen LogP contribution in [0.2, 0.25) is 0 Å². The molecular formula is C37H29NO. The fourth-order valence-corrected chi connectivity index (χ4v) is 6.93. The van der Waals surface area contributed by atoms with Crippen molar-refractivity contribution in [2.24, 2.45) is 5.92 Å². The number of rotatable bonds is 2. The minimum absolute atomic E-state index is 0.164. The smallest absolute Gasteiger partial charge is 0.131 e. The molecule has 2 heterocycles. The summed E-state index contributed by atoms with van der Waals surface area (Å²) in [6.45, 7) is 4.63. The van der Waals surface area contributed by atoms with Crippen LogP contribution < -0.4 is 4.74 Å². The van der Waals surface area contributed by atoms with Crippen LogP contribution in [0.1, 0.15) is 41.8 Å². The summed E-state index contributed by atoms with van der Waals surface area (Å²) in [4.78, 5) is 0. The molecule has 2 aliphatic carbocycles. The number of fused-ring (bicyclic) bond motifs is 6. The lowest BCUT2D eigenvalue weighted by Crippen LogP contribution is -2.24. The molecule has 5 aromatic rings. The fraction of sp³-hybridized carbons (Fsp3) is 0.135. The maximum Gasteiger partial charge on any atom is 0.131 e. The number of allylic oxidation sites excluding steroid dienone is 5. The molecule has 0 saturated carbocycles. The molecule has 1 aromatic heterocycles. The van der Waals surface area contributed by atoms with Gasteiger partial charge in [-0.15, -0.1) is 0 Å². The first kappa shape index (κ1) is 22.4. The van der Waals surface area contributed by atoms with E-state index in [4.69, 9.17) is 4.74 Å². The summed E-state index contributed by atoms with van der Waals surface area (Å²) in [5.41, 5.74) is 11.5. The zero-order chi connectivity index (χ0) is 26.1. The van der Waals surface area contributed by atoms with Crippen LogP contribution in [0.4, 0.5) is 0 Å². The first-order chi connectivity index (χ1) is 19.1. The summed E-state index contributed by atoms with van der Waals surface area (Å²) in [7, 11) is 0. The van der Waals surface area contributed by atoms with Gasteiger partial charge in [-0.2, -0.15) is 0 Å². The van der Waals surface area contributed by atoms with E-state index in [0.717, 1.165) is 17.9 Å². The van der Waals surface area contributed by atoms with Gasteiger partial charge in [-0.25, -0.2) is 0 Å². The van der Waals surface area contributed by atoms with Gasteiger partial charge in [0.25, 0.3) is 0 Å². The van der Waals surface area contributed by atoms with E-state index >= 15 is 0 Å². The minimum Gasteiger partial charge on any atom is -0.457 e. The molecule has 0 fully saturated rings. The molecule has 1 aliphatic heterocycles. The van der Waals surface area contributed by atoms with Crippen LogP contribution in [-0.2, 0) is 11.8 Å². The minimum atomic E-state index is -0.164. The molecule has 0 radical (unpaired) electrons. The first-order valence-corrected chi connectivity index (χ1v) is 13.8. The Hall–Kier alpha value is -4.56. The van der Waals surface area contributed by atoms with Crippen LogP contribution in [-0.4, -0.2) is 4.57 Å². The van der Waals surface area contributed by atoms with E-state index in [2.05, 4.69) is 140 Å². The third-order valence-electron chi connectivity index (χ3n) is 8.79. The predicted molar refractivity (Wildman–Crippen MR) is 160 cm³/mol. The number of nitrogens with zero attached hydrogens (tertiary/aromatic N) is 1. The lowest BCUT2D eigenvalue weighted by molar-refractivity contribution is 0.418. The quantitative estimate of drug-likeness (QED) is 0.234. The summed E-state index contributed by atoms with van der Waals surface area (Å²) in [5.74, 6) is 2.24. The Morgan fingerprint density at radius 3 is 2.44 bits per heavy atom. The second-order valence-corrected chi connectivity index (χ2v) is 11.3. The molecule has 188 valence electrons. The van der Waals surface area contributed by atoms with Crippen LogP contribution in [0.15, 0.2) is 127 Å². The van der Waals surface area contributed by atoms with E-state index in [0.29, 0.717) is 5.92 Å². The Balaban J connectivity index is 1.41. The second kappa shape index (κ2) is 8.22. The zero-order valence-electron chi connectivity index (χ0n) is 22.2. The average molecular weight is 504 g/mol. The van der Waals surface area contributed by atoms with Crippen molar-refractivity contribution in [3.8, 4) is 17.2 Å². The van der Waals surface area contributed by atoms with Gasteiger partial charge in [0.2, 0.25) is 0 Å². The molecule has 8 rings (SSSR count). The number of hydrogen-bond donors (Lipinski definition) is 0. The van der Waals surface area contributed by atoms with Gasteiger partial charge in [-0.1, -0.05) is 98.8 Å². The van der Waals surface area contributed by atoms with Crippen LogP contribution in [0.5, 0.6) is 11.5 Å². The third kappa shape index (κ3) is 3.21. The third-order valence-corrected chi connectivity index (χ3v) is 8.79. The van der Waals surface area contributed by atoms with E-state index in [1.807, 2.05) is 0 Å². The molecule has 0 amide bonds. The highest BCUT2D eigenvalue weighted by molar-refractivity contribution is 6.02. The van der Waals surface area contributed by atoms with E-state index in [-0.39, 0.29) is 5.41 Å². The summed E-state index contributed by atoms with van der Waals surface area (Å²) >= 11 is 0. The highest BCUT2D eigenvalue weighted by atomic mass is 16.5. The summed E-state index contributed by atoms with van der Waals surface area (Å²) in [6.07, 6.45) is 10.1. The number of hydrogen-bond acceptors (Lipinski definition) is 1. The number of benzene rings is 4. The number of aromatic nitrogens is 1. The lowest BCUT2D eigenvalue weighted by Gasteiger charge is -2.35. The van der Waals surface area contributed by atoms with Gasteiger partial charge in [-0.05, 0) is 59.5 Å². The predicted octanol–water partition coefficient (Wildman–Crippen LogP) is 9.16. The molecule has 2 nitrogen and oxygen atoms in total. The Kier molecular flexibility index (Phi) is 4.73. The highest BCUT2D eigenvalue weighted by Gasteiger charge is 2.36. The van der Waals surface area contributed by atoms with Crippen LogP contribution in [0, 0.1) is 5.92 Å². The second-order valence-electron chi connectivity index (χ2n) is 11.3. The number of ether oxygens (including phenoxy) is 1. The molecule has 1 unspecified atom stereocenters. The van der Waals surface area contributed by atoms with Crippen LogP contribution in [0.25, 0.3) is 22.2 Å². The molecule has 3 aliphatic rings. The molecule has 0 saturated heterocycles. The highest BCUT2D eigenvalue weighted by Crippen LogP contribution is 2.51. The van der Waals surface area contributed by atoms with Crippen molar-refractivity contribution in [2.45, 2.75) is 25.7 Å². The Morgan fingerprint density at radius 1 is 0.769 bits per heavy atom. The van der Waals surface area contributed by atoms with E-state index in [1.54, 1.807) is 0 Å². The van der Waals surface area contributed by atoms with Crippen molar-refractivity contribution in [3.05, 3.63) is 155 Å². The molecule has 39 heavy (non-hydrogen) atoms. The van der Waals surface area contributed by atoms with Gasteiger partial charge in [-0.3, -0.25) is 0 Å². The summed E-state index contributed by atoms with van der Waals surface area (Å²) < 4.78 is 8.90. The summed E-state index contributed by atoms with van der Waals surface area (Å²) in [5, 5.41) is 1.30. The number of para-hydroxylation sites is 3. The van der Waals surface area contributed by atoms with Crippen molar-refractivity contribution in [1.29, 1.82) is 0 Å². The molecule has 0 N–H and O–H groups in total. The summed E-state index contributed by atoms with van der Waals surface area (Å²) in [6, 6.07) is 34.9. The van der Waals surface area contributed by atoms with Crippen molar-refractivity contribution < 1.29 is 4.74 Å². The van der Waals surface area contributed by atoms with Gasteiger partial charge in [0, 0.05) is 44.8 Å². The van der Waals surface area contributed by atoms with E-state index in [1.165, 1.54) is 55.7 Å². The molecular weight excluding hydrogens is 474 g/mol. The van der Waals surface area contributed by atoms with Crippen molar-refractivity contribution in [2.75, 3.05) is 0 Å². The van der Waals surface area contributed by atoms with Gasteiger partial charge >= 0.3 is 0 Å². The van der Waals surface area contributed by atoms with E-state index < -0.39 is 0 Å². The maximum atomic E-state index is 6.42. The van der Waals surface area contributed by atoms with Gasteiger partial charge < -0.3 is 9.30 Å². The zero-order valence-corrected chi connectivity index (χ0v) is 22.2. The van der Waals surface area contributed by atoms with Gasteiger partial charge in [0.15, 0.2) is 0 Å². The largest absolute Gasteiger partial charge is 0.457 e. The SMILES string of the molecule is CC1(C)c2ccccc2Oc2ccc(C3=C4C=CC=CC4Cc4c3c3ccccc3n4-c3ccccc3)cc21. The monoisotopic (exact) mass is 503 g/mol. The van der Waals surface area contributed by atoms with Gasteiger partial charge in [0.1, 0.15) is 11.5 Å². The molecule has 1 atom stereocenters. The van der Waals surface area contributed by atoms with Crippen LogP contribution in [0.3, 0.4) is 0 Å². The van der Waals surface area contributed by atoms with E-state index in [9.17, 15) is 0 Å². The average Bonchev–Trinajstić information content (AvgIpc) is 3.30. The van der Waals surface area contributed by atoms with Crippen LogP contribution >= 0.6 is 0 Å². The fourth-order valence-electron chi connectivity index (χ4n) is 6.93. The van der Waals surface area contributed by atoms with Gasteiger partial charge in [0.05, 0.1) is 5.52 Å². The maximum absolute atomic E-state index is 6.42. The molecule has 0 spiro atoms. The normalized spacial score (nSPS) is 18.3.